The molecule has 0 radical (unpaired) electrons. The Morgan fingerprint density at radius 3 is 2.27 bits per heavy atom. The van der Waals surface area contributed by atoms with Crippen molar-refractivity contribution in [1.82, 2.24) is 28.2 Å². The van der Waals surface area contributed by atoms with Gasteiger partial charge in [0.15, 0.2) is 12.3 Å². The quantitative estimate of drug-likeness (QED) is 0.269. The number of imidazole rings is 2. The zero-order valence-corrected chi connectivity index (χ0v) is 20.5. The van der Waals surface area contributed by atoms with Crippen molar-refractivity contribution in [1.29, 1.82) is 0 Å². The van der Waals surface area contributed by atoms with Crippen LogP contribution in [0, 0.1) is 0 Å². The number of hydrogen-bond donors (Lipinski definition) is 1. The highest BCUT2D eigenvalue weighted by atomic mass is 31.2. The predicted molar refractivity (Wildman–Crippen MR) is 129 cm³/mol. The smallest absolute Gasteiger partial charge is 0.407 e. The second-order valence-electron chi connectivity index (χ2n) is 8.17. The molecule has 4 heterocycles. The van der Waals surface area contributed by atoms with Crippen LogP contribution in [-0.4, -0.2) is 52.5 Å². The monoisotopic (exact) mass is 526 g/mol. The molecule has 0 bridgehead atoms. The van der Waals surface area contributed by atoms with E-state index in [0.29, 0.717) is 6.42 Å². The zero-order chi connectivity index (χ0) is 26.0. The van der Waals surface area contributed by atoms with Gasteiger partial charge in [-0.3, -0.25) is 18.9 Å². The van der Waals surface area contributed by atoms with Crippen molar-refractivity contribution in [2.45, 2.75) is 37.9 Å². The lowest BCUT2D eigenvalue weighted by Crippen LogP contribution is -2.41. The largest absolute Gasteiger partial charge is 0.451 e. The molecule has 1 unspecified atom stereocenters. The van der Waals surface area contributed by atoms with Crippen molar-refractivity contribution in [2.75, 3.05) is 0 Å². The summed E-state index contributed by atoms with van der Waals surface area (Å²) in [5.74, 6) is -0.692. The van der Waals surface area contributed by atoms with E-state index < -0.39 is 49.4 Å². The molecule has 0 aliphatic carbocycles. The summed E-state index contributed by atoms with van der Waals surface area (Å²) in [5, 5.41) is 0. The number of esters is 1. The minimum atomic E-state index is -3.93. The SMILES string of the molecule is CC[C@H]1O[C@@H](n2ccc(=O)[nH]c2=O)[C@@H](OC(=O)c2ccccc2)C1OP(=O)(n1ccnc1)n1ccnc1. The first-order valence-corrected chi connectivity index (χ1v) is 12.9. The number of carbonyl (C=O) groups excluding carboxylic acids is 1. The number of nitrogens with zero attached hydrogens (tertiary/aromatic N) is 5. The van der Waals surface area contributed by atoms with E-state index >= 15 is 0 Å². The third-order valence-electron chi connectivity index (χ3n) is 5.89. The number of aromatic amines is 1. The van der Waals surface area contributed by atoms with Gasteiger partial charge in [-0.05, 0) is 18.6 Å². The first-order valence-electron chi connectivity index (χ1n) is 11.4. The number of aromatic nitrogens is 6. The van der Waals surface area contributed by atoms with E-state index in [1.54, 1.807) is 30.3 Å². The Kier molecular flexibility index (Phi) is 6.74. The van der Waals surface area contributed by atoms with E-state index in [1.807, 2.05) is 6.92 Å². The maximum atomic E-state index is 14.3. The van der Waals surface area contributed by atoms with Crippen LogP contribution < -0.4 is 11.2 Å². The van der Waals surface area contributed by atoms with Crippen LogP contribution in [-0.2, 0) is 18.6 Å². The second-order valence-corrected chi connectivity index (χ2v) is 10.3. The average Bonchev–Trinajstić information content (AvgIpc) is 3.68. The second kappa shape index (κ2) is 10.1. The molecule has 1 fully saturated rings. The minimum absolute atomic E-state index is 0.265. The van der Waals surface area contributed by atoms with Gasteiger partial charge in [0.1, 0.15) is 18.8 Å². The van der Waals surface area contributed by atoms with Gasteiger partial charge in [0, 0.05) is 37.1 Å². The summed E-state index contributed by atoms with van der Waals surface area (Å²) >= 11 is 0. The predicted octanol–water partition coefficient (Wildman–Crippen LogP) is 2.05. The normalized spacial score (nSPS) is 21.6. The molecule has 1 aliphatic heterocycles. The molecule has 5 rings (SSSR count). The molecule has 1 saturated heterocycles. The molecule has 0 amide bonds. The number of nitrogens with one attached hydrogen (secondary N) is 1. The van der Waals surface area contributed by atoms with Crippen LogP contribution in [0.15, 0.2) is 89.6 Å². The summed E-state index contributed by atoms with van der Waals surface area (Å²) in [6.45, 7) is 1.81. The van der Waals surface area contributed by atoms with Crippen molar-refractivity contribution >= 4 is 13.6 Å². The van der Waals surface area contributed by atoms with E-state index in [9.17, 15) is 18.9 Å². The first kappa shape index (κ1) is 24.6. The Balaban J connectivity index is 1.58. The first-order chi connectivity index (χ1) is 17.9. The summed E-state index contributed by atoms with van der Waals surface area (Å²) in [5.41, 5.74) is -1.09. The Morgan fingerprint density at radius 2 is 1.70 bits per heavy atom. The van der Waals surface area contributed by atoms with Gasteiger partial charge in [0.05, 0.1) is 11.7 Å². The van der Waals surface area contributed by atoms with Gasteiger partial charge >= 0.3 is 19.3 Å². The van der Waals surface area contributed by atoms with Gasteiger partial charge in [0.2, 0.25) is 0 Å². The Bertz CT molecular complexity index is 1480. The van der Waals surface area contributed by atoms with Crippen molar-refractivity contribution in [3.8, 4) is 0 Å². The molecular weight excluding hydrogens is 503 g/mol. The lowest BCUT2D eigenvalue weighted by molar-refractivity contribution is -0.0515. The van der Waals surface area contributed by atoms with Crippen molar-refractivity contribution < 1.29 is 23.4 Å². The third kappa shape index (κ3) is 4.71. The van der Waals surface area contributed by atoms with E-state index in [4.69, 9.17) is 14.0 Å². The van der Waals surface area contributed by atoms with Crippen molar-refractivity contribution in [2.24, 2.45) is 0 Å². The number of carbonyl (C=O) groups is 1. The van der Waals surface area contributed by atoms with E-state index in [1.165, 1.54) is 52.3 Å². The topological polar surface area (TPSA) is 152 Å². The van der Waals surface area contributed by atoms with Gasteiger partial charge in [0.25, 0.3) is 5.56 Å². The van der Waals surface area contributed by atoms with Gasteiger partial charge < -0.3 is 9.47 Å². The molecule has 4 aromatic rings. The molecule has 1 aliphatic rings. The van der Waals surface area contributed by atoms with Crippen LogP contribution in [0.4, 0.5) is 0 Å². The molecule has 1 N–H and O–H groups in total. The van der Waals surface area contributed by atoms with Crippen molar-refractivity contribution in [3.63, 3.8) is 0 Å². The van der Waals surface area contributed by atoms with Crippen molar-refractivity contribution in [3.05, 3.63) is 106 Å². The molecule has 1 aromatic carbocycles. The lowest BCUT2D eigenvalue weighted by Gasteiger charge is -2.29. The number of hydrogen-bond acceptors (Lipinski definition) is 9. The maximum absolute atomic E-state index is 14.3. The summed E-state index contributed by atoms with van der Waals surface area (Å²) in [6.07, 6.45) is 5.93. The average molecular weight is 526 g/mol. The highest BCUT2D eigenvalue weighted by Crippen LogP contribution is 2.53. The molecule has 3 aromatic heterocycles. The number of H-pyrrole nitrogens is 1. The van der Waals surface area contributed by atoms with Gasteiger partial charge in [-0.2, -0.15) is 0 Å². The molecule has 4 atom stereocenters. The Hall–Kier alpha value is -4.06. The fourth-order valence-corrected chi connectivity index (χ4v) is 5.96. The number of rotatable bonds is 8. The van der Waals surface area contributed by atoms with Crippen LogP contribution in [0.25, 0.3) is 0 Å². The number of ether oxygens (including phenoxy) is 2. The van der Waals surface area contributed by atoms with Crippen LogP contribution in [0.2, 0.25) is 0 Å². The fourth-order valence-electron chi connectivity index (χ4n) is 4.10. The van der Waals surface area contributed by atoms with Gasteiger partial charge in [-0.1, -0.05) is 25.1 Å². The molecule has 0 saturated carbocycles. The molecular formula is C23H23N6O7P. The maximum Gasteiger partial charge on any atom is 0.407 e. The molecule has 37 heavy (non-hydrogen) atoms. The zero-order valence-electron chi connectivity index (χ0n) is 19.6. The van der Waals surface area contributed by atoms with Gasteiger partial charge in [-0.15, -0.1) is 0 Å². The van der Waals surface area contributed by atoms with Gasteiger partial charge in [-0.25, -0.2) is 32.8 Å². The molecule has 14 heteroatoms. The summed E-state index contributed by atoms with van der Waals surface area (Å²) in [6, 6.07) is 9.42. The molecule has 0 spiro atoms. The fraction of sp³-hybridized carbons (Fsp3) is 0.261. The minimum Gasteiger partial charge on any atom is -0.451 e. The standard InChI is InChI=1S/C23H23N6O7P/c1-2-17-19(36-37(33,27-12-9-24-14-27)28-13-10-25-15-28)20(35-22(31)16-6-4-3-5-7-16)21(34-17)29-11-8-18(30)26-23(29)32/h3-15,17,19-21H,2H2,1H3,(H,26,30,32)/t17-,19?,20+,21-/m1/s1. The van der Waals surface area contributed by atoms with Crippen LogP contribution in [0.3, 0.4) is 0 Å². The van der Waals surface area contributed by atoms with E-state index in [-0.39, 0.29) is 5.56 Å². The van der Waals surface area contributed by atoms with Crippen LogP contribution >= 0.6 is 7.67 Å². The number of benzene rings is 1. The Morgan fingerprint density at radius 1 is 1.03 bits per heavy atom. The van der Waals surface area contributed by atoms with Crippen LogP contribution in [0.1, 0.15) is 29.9 Å². The summed E-state index contributed by atoms with van der Waals surface area (Å²) in [4.78, 5) is 47.6. The Labute approximate surface area is 209 Å². The van der Waals surface area contributed by atoms with E-state index in [0.717, 1.165) is 10.6 Å². The summed E-state index contributed by atoms with van der Waals surface area (Å²) in [7, 11) is -3.93. The van der Waals surface area contributed by atoms with Crippen LogP contribution in [0.5, 0.6) is 0 Å². The highest BCUT2D eigenvalue weighted by molar-refractivity contribution is 7.55. The molecule has 13 nitrogen and oxygen atoms in total. The molecule has 192 valence electrons. The van der Waals surface area contributed by atoms with E-state index in [2.05, 4.69) is 15.0 Å². The lowest BCUT2D eigenvalue weighted by atomic mass is 10.1. The highest BCUT2D eigenvalue weighted by Gasteiger charge is 2.52. The third-order valence-corrected chi connectivity index (χ3v) is 8.05. The summed E-state index contributed by atoms with van der Waals surface area (Å²) < 4.78 is 36.3.